The zero-order chi connectivity index (χ0) is 20.7. The summed E-state index contributed by atoms with van der Waals surface area (Å²) in [6.45, 7) is 3.72. The van der Waals surface area contributed by atoms with E-state index in [2.05, 4.69) is 0 Å². The van der Waals surface area contributed by atoms with Gasteiger partial charge in [0.2, 0.25) is 24.0 Å². The Morgan fingerprint density at radius 1 is 1.04 bits per heavy atom. The van der Waals surface area contributed by atoms with E-state index in [0.717, 1.165) is 6.41 Å². The van der Waals surface area contributed by atoms with E-state index in [4.69, 9.17) is 14.2 Å². The maximum absolute atomic E-state index is 12.5. The molecule has 9 heteroatoms. The molecule has 0 unspecified atom stereocenters. The standard InChI is InChI=1S/C19H27N3O6/c1-14(24)22(6-5-18(25)21-9-7-20(13-23)8-10-21)15-11-16(26-2)19(28-4)17(12-15)27-3/h11-13H,5-10H2,1-4H3. The summed E-state index contributed by atoms with van der Waals surface area (Å²) in [4.78, 5) is 40.4. The molecule has 1 heterocycles. The molecule has 0 spiro atoms. The number of nitrogens with zero attached hydrogens (tertiary/aromatic N) is 3. The van der Waals surface area contributed by atoms with Crippen LogP contribution in [-0.2, 0) is 14.4 Å². The van der Waals surface area contributed by atoms with Gasteiger partial charge in [0, 0.05) is 58.2 Å². The Morgan fingerprint density at radius 3 is 2.04 bits per heavy atom. The topological polar surface area (TPSA) is 88.6 Å². The van der Waals surface area contributed by atoms with Gasteiger partial charge in [0.1, 0.15) is 0 Å². The molecule has 28 heavy (non-hydrogen) atoms. The van der Waals surface area contributed by atoms with Crippen LogP contribution in [0.2, 0.25) is 0 Å². The molecule has 1 aromatic carbocycles. The predicted molar refractivity (Wildman–Crippen MR) is 103 cm³/mol. The minimum absolute atomic E-state index is 0.0516. The second kappa shape index (κ2) is 9.82. The zero-order valence-corrected chi connectivity index (χ0v) is 16.8. The number of benzene rings is 1. The number of methoxy groups -OCH3 is 3. The fourth-order valence-electron chi connectivity index (χ4n) is 3.13. The van der Waals surface area contributed by atoms with Crippen molar-refractivity contribution in [2.45, 2.75) is 13.3 Å². The lowest BCUT2D eigenvalue weighted by atomic mass is 10.2. The van der Waals surface area contributed by atoms with Crippen molar-refractivity contribution in [3.8, 4) is 17.2 Å². The number of hydrogen-bond acceptors (Lipinski definition) is 6. The fourth-order valence-corrected chi connectivity index (χ4v) is 3.13. The highest BCUT2D eigenvalue weighted by Gasteiger charge is 2.23. The minimum Gasteiger partial charge on any atom is -0.493 e. The molecule has 2 rings (SSSR count). The molecule has 1 aliphatic heterocycles. The summed E-state index contributed by atoms with van der Waals surface area (Å²) in [5.41, 5.74) is 0.556. The Labute approximate surface area is 164 Å². The first-order chi connectivity index (χ1) is 13.4. The van der Waals surface area contributed by atoms with Crippen LogP contribution in [0.5, 0.6) is 17.2 Å². The van der Waals surface area contributed by atoms with Crippen LogP contribution in [0.1, 0.15) is 13.3 Å². The summed E-state index contributed by atoms with van der Waals surface area (Å²) >= 11 is 0. The molecule has 9 nitrogen and oxygen atoms in total. The van der Waals surface area contributed by atoms with Crippen LogP contribution in [0.25, 0.3) is 0 Å². The average Bonchev–Trinajstić information content (AvgIpc) is 2.72. The first kappa shape index (κ1) is 21.3. The molecule has 154 valence electrons. The van der Waals surface area contributed by atoms with Gasteiger partial charge in [-0.05, 0) is 0 Å². The molecule has 1 aromatic rings. The van der Waals surface area contributed by atoms with Crippen LogP contribution in [-0.4, -0.2) is 82.1 Å². The molecule has 0 aliphatic carbocycles. The van der Waals surface area contributed by atoms with Crippen molar-refractivity contribution in [2.75, 3.05) is 59.0 Å². The molecule has 1 saturated heterocycles. The monoisotopic (exact) mass is 393 g/mol. The predicted octanol–water partition coefficient (Wildman–Crippen LogP) is 0.756. The number of piperazine rings is 1. The van der Waals surface area contributed by atoms with E-state index in [9.17, 15) is 14.4 Å². The van der Waals surface area contributed by atoms with Crippen molar-refractivity contribution >= 4 is 23.9 Å². The summed E-state index contributed by atoms with van der Waals surface area (Å²) in [6.07, 6.45) is 0.973. The number of carbonyl (C=O) groups excluding carboxylic acids is 3. The first-order valence-corrected chi connectivity index (χ1v) is 9.00. The lowest BCUT2D eigenvalue weighted by Crippen LogP contribution is -2.48. The van der Waals surface area contributed by atoms with Crippen LogP contribution in [0.15, 0.2) is 12.1 Å². The van der Waals surface area contributed by atoms with Crippen LogP contribution in [0.4, 0.5) is 5.69 Å². The number of amides is 3. The molecular weight excluding hydrogens is 366 g/mol. The van der Waals surface area contributed by atoms with Gasteiger partial charge in [0.25, 0.3) is 0 Å². The Hall–Kier alpha value is -2.97. The van der Waals surface area contributed by atoms with Gasteiger partial charge in [0.05, 0.1) is 27.0 Å². The van der Waals surface area contributed by atoms with E-state index in [1.54, 1.807) is 21.9 Å². The minimum atomic E-state index is -0.201. The molecule has 0 bridgehead atoms. The molecule has 1 aliphatic rings. The van der Waals surface area contributed by atoms with Crippen LogP contribution in [0, 0.1) is 0 Å². The van der Waals surface area contributed by atoms with E-state index >= 15 is 0 Å². The number of hydrogen-bond donors (Lipinski definition) is 0. The first-order valence-electron chi connectivity index (χ1n) is 9.00. The molecule has 0 saturated carbocycles. The highest BCUT2D eigenvalue weighted by molar-refractivity contribution is 5.93. The van der Waals surface area contributed by atoms with E-state index < -0.39 is 0 Å². The number of ether oxygens (including phenoxy) is 3. The van der Waals surface area contributed by atoms with E-state index in [1.165, 1.54) is 33.2 Å². The molecular formula is C19H27N3O6. The normalized spacial score (nSPS) is 13.7. The number of anilines is 1. The molecule has 3 amide bonds. The van der Waals surface area contributed by atoms with Crippen LogP contribution >= 0.6 is 0 Å². The largest absolute Gasteiger partial charge is 0.493 e. The van der Waals surface area contributed by atoms with Crippen molar-refractivity contribution in [1.82, 2.24) is 9.80 Å². The Kier molecular flexibility index (Phi) is 7.48. The molecule has 0 atom stereocenters. The van der Waals surface area contributed by atoms with E-state index in [-0.39, 0.29) is 24.8 Å². The van der Waals surface area contributed by atoms with Crippen molar-refractivity contribution in [2.24, 2.45) is 0 Å². The summed E-state index contributed by atoms with van der Waals surface area (Å²) in [5, 5.41) is 0. The van der Waals surface area contributed by atoms with Gasteiger partial charge in [-0.3, -0.25) is 14.4 Å². The van der Waals surface area contributed by atoms with Gasteiger partial charge < -0.3 is 28.9 Å². The zero-order valence-electron chi connectivity index (χ0n) is 16.8. The Bertz CT molecular complexity index is 691. The van der Waals surface area contributed by atoms with Gasteiger partial charge in [-0.15, -0.1) is 0 Å². The van der Waals surface area contributed by atoms with Gasteiger partial charge in [-0.2, -0.15) is 0 Å². The third-order valence-corrected chi connectivity index (χ3v) is 4.71. The van der Waals surface area contributed by atoms with Gasteiger partial charge in [-0.25, -0.2) is 0 Å². The number of rotatable bonds is 8. The fraction of sp³-hybridized carbons (Fsp3) is 0.526. The Balaban J connectivity index is 2.12. The third kappa shape index (κ3) is 4.85. The highest BCUT2D eigenvalue weighted by atomic mass is 16.5. The summed E-state index contributed by atoms with van der Waals surface area (Å²) in [5.74, 6) is 1.04. The maximum atomic E-state index is 12.5. The van der Waals surface area contributed by atoms with E-state index in [1.807, 2.05) is 0 Å². The van der Waals surface area contributed by atoms with Crippen LogP contribution in [0.3, 0.4) is 0 Å². The summed E-state index contributed by atoms with van der Waals surface area (Å²) in [6, 6.07) is 3.35. The van der Waals surface area contributed by atoms with Crippen molar-refractivity contribution in [3.63, 3.8) is 0 Å². The second-order valence-corrected chi connectivity index (χ2v) is 6.33. The molecule has 0 radical (unpaired) electrons. The summed E-state index contributed by atoms with van der Waals surface area (Å²) in [7, 11) is 4.51. The average molecular weight is 393 g/mol. The quantitative estimate of drug-likeness (QED) is 0.606. The van der Waals surface area contributed by atoms with Crippen molar-refractivity contribution in [3.05, 3.63) is 12.1 Å². The van der Waals surface area contributed by atoms with Crippen molar-refractivity contribution < 1.29 is 28.6 Å². The van der Waals surface area contributed by atoms with Crippen molar-refractivity contribution in [1.29, 1.82) is 0 Å². The maximum Gasteiger partial charge on any atom is 0.224 e. The number of carbonyl (C=O) groups is 3. The summed E-state index contributed by atoms with van der Waals surface area (Å²) < 4.78 is 16.0. The Morgan fingerprint density at radius 2 is 1.61 bits per heavy atom. The SMILES string of the molecule is COc1cc(N(CCC(=O)N2CCN(C=O)CC2)C(C)=O)cc(OC)c1OC. The smallest absolute Gasteiger partial charge is 0.224 e. The molecule has 1 fully saturated rings. The molecule has 0 aromatic heterocycles. The molecule has 0 N–H and O–H groups in total. The highest BCUT2D eigenvalue weighted by Crippen LogP contribution is 2.41. The van der Waals surface area contributed by atoms with Crippen LogP contribution < -0.4 is 19.1 Å². The van der Waals surface area contributed by atoms with Gasteiger partial charge >= 0.3 is 0 Å². The lowest BCUT2D eigenvalue weighted by molar-refractivity contribution is -0.135. The van der Waals surface area contributed by atoms with Gasteiger partial charge in [0.15, 0.2) is 11.5 Å². The van der Waals surface area contributed by atoms with E-state index in [0.29, 0.717) is 49.1 Å². The lowest BCUT2D eigenvalue weighted by Gasteiger charge is -2.33. The third-order valence-electron chi connectivity index (χ3n) is 4.71. The van der Waals surface area contributed by atoms with Gasteiger partial charge in [-0.1, -0.05) is 0 Å². The second-order valence-electron chi connectivity index (χ2n) is 6.33.